The van der Waals surface area contributed by atoms with Crippen molar-refractivity contribution in [3.63, 3.8) is 0 Å². The number of carbonyl (C=O) groups is 1. The van der Waals surface area contributed by atoms with Crippen molar-refractivity contribution in [2.24, 2.45) is 0 Å². The lowest BCUT2D eigenvalue weighted by molar-refractivity contribution is -0.116. The zero-order valence-electron chi connectivity index (χ0n) is 10.2. The van der Waals surface area contributed by atoms with Crippen LogP contribution in [0.1, 0.15) is 12.2 Å². The highest BCUT2D eigenvalue weighted by molar-refractivity contribution is 6.29. The molecule has 2 rings (SSSR count). The predicted molar refractivity (Wildman–Crippen MR) is 69.3 cm³/mol. The van der Waals surface area contributed by atoms with Gasteiger partial charge < -0.3 is 9.15 Å². The van der Waals surface area contributed by atoms with Gasteiger partial charge in [0.05, 0.1) is 13.4 Å². The van der Waals surface area contributed by atoms with Crippen molar-refractivity contribution in [1.82, 2.24) is 9.97 Å². The van der Waals surface area contributed by atoms with Crippen molar-refractivity contribution in [1.29, 1.82) is 0 Å². The first kappa shape index (κ1) is 13.4. The molecule has 0 saturated carbocycles. The van der Waals surface area contributed by atoms with Gasteiger partial charge in [0.2, 0.25) is 17.7 Å². The number of methoxy groups -OCH3 is 1. The molecule has 1 amide bonds. The Balaban J connectivity index is 1.93. The Labute approximate surface area is 114 Å². The van der Waals surface area contributed by atoms with Crippen molar-refractivity contribution in [3.05, 3.63) is 35.4 Å². The maximum absolute atomic E-state index is 11.7. The summed E-state index contributed by atoms with van der Waals surface area (Å²) in [6.07, 6.45) is 2.35. The Morgan fingerprint density at radius 1 is 1.53 bits per heavy atom. The number of carbonyl (C=O) groups excluding carboxylic acids is 1. The van der Waals surface area contributed by atoms with Crippen molar-refractivity contribution in [2.75, 3.05) is 12.4 Å². The van der Waals surface area contributed by atoms with Crippen molar-refractivity contribution < 1.29 is 13.9 Å². The van der Waals surface area contributed by atoms with E-state index in [1.807, 2.05) is 6.07 Å². The van der Waals surface area contributed by atoms with E-state index in [9.17, 15) is 4.79 Å². The summed E-state index contributed by atoms with van der Waals surface area (Å²) in [5, 5.41) is 2.75. The summed E-state index contributed by atoms with van der Waals surface area (Å²) in [6.45, 7) is 0. The first-order valence-corrected chi connectivity index (χ1v) is 5.96. The molecule has 0 spiro atoms. The van der Waals surface area contributed by atoms with Gasteiger partial charge in [0.1, 0.15) is 10.9 Å². The number of hydrogen-bond acceptors (Lipinski definition) is 5. The normalized spacial score (nSPS) is 10.2. The smallest absolute Gasteiger partial charge is 0.234 e. The van der Waals surface area contributed by atoms with Gasteiger partial charge in [0.25, 0.3) is 0 Å². The van der Waals surface area contributed by atoms with Gasteiger partial charge in [-0.2, -0.15) is 4.98 Å². The summed E-state index contributed by atoms with van der Waals surface area (Å²) in [4.78, 5) is 19.6. The van der Waals surface area contributed by atoms with E-state index in [-0.39, 0.29) is 23.4 Å². The molecule has 2 aromatic heterocycles. The number of aromatic nitrogens is 2. The highest BCUT2D eigenvalue weighted by Gasteiger charge is 2.08. The van der Waals surface area contributed by atoms with Gasteiger partial charge >= 0.3 is 0 Å². The van der Waals surface area contributed by atoms with E-state index < -0.39 is 0 Å². The lowest BCUT2D eigenvalue weighted by Gasteiger charge is -2.05. The SMILES string of the molecule is COc1cc(Cl)nc(NC(=O)CCc2ccco2)n1. The Morgan fingerprint density at radius 3 is 3.05 bits per heavy atom. The van der Waals surface area contributed by atoms with Gasteiger partial charge in [0.15, 0.2) is 0 Å². The van der Waals surface area contributed by atoms with Gasteiger partial charge in [-0.3, -0.25) is 10.1 Å². The predicted octanol–water partition coefficient (Wildman–Crippen LogP) is 2.30. The fraction of sp³-hybridized carbons (Fsp3) is 0.250. The number of furan rings is 1. The molecule has 0 aliphatic carbocycles. The van der Waals surface area contributed by atoms with Crippen LogP contribution in [0.2, 0.25) is 5.15 Å². The van der Waals surface area contributed by atoms with E-state index in [4.69, 9.17) is 20.8 Å². The number of nitrogens with one attached hydrogen (secondary N) is 1. The number of hydrogen-bond donors (Lipinski definition) is 1. The van der Waals surface area contributed by atoms with Crippen LogP contribution in [0.5, 0.6) is 5.88 Å². The molecule has 2 aromatic rings. The number of aryl methyl sites for hydroxylation is 1. The number of rotatable bonds is 5. The van der Waals surface area contributed by atoms with E-state index >= 15 is 0 Å². The molecule has 0 bridgehead atoms. The molecule has 0 aliphatic heterocycles. The summed E-state index contributed by atoms with van der Waals surface area (Å²) in [5.41, 5.74) is 0. The third-order valence-corrected chi connectivity index (χ3v) is 2.50. The minimum atomic E-state index is -0.222. The lowest BCUT2D eigenvalue weighted by atomic mass is 10.2. The summed E-state index contributed by atoms with van der Waals surface area (Å²) in [6, 6.07) is 5.05. The molecule has 0 saturated heterocycles. The van der Waals surface area contributed by atoms with Crippen molar-refractivity contribution >= 4 is 23.5 Å². The highest BCUT2D eigenvalue weighted by Crippen LogP contribution is 2.16. The van der Waals surface area contributed by atoms with E-state index in [0.29, 0.717) is 12.3 Å². The number of anilines is 1. The van der Waals surface area contributed by atoms with Crippen LogP contribution in [0.3, 0.4) is 0 Å². The van der Waals surface area contributed by atoms with E-state index in [1.165, 1.54) is 13.2 Å². The fourth-order valence-corrected chi connectivity index (χ4v) is 1.61. The largest absolute Gasteiger partial charge is 0.481 e. The first-order chi connectivity index (χ1) is 9.17. The molecule has 0 unspecified atom stereocenters. The molecule has 0 fully saturated rings. The highest BCUT2D eigenvalue weighted by atomic mass is 35.5. The second kappa shape index (κ2) is 6.19. The van der Waals surface area contributed by atoms with Crippen LogP contribution in [0, 0.1) is 0 Å². The minimum Gasteiger partial charge on any atom is -0.481 e. The van der Waals surface area contributed by atoms with Crippen molar-refractivity contribution in [3.8, 4) is 5.88 Å². The standard InChI is InChI=1S/C12H12ClN3O3/c1-18-11-7-9(13)14-12(16-11)15-10(17)5-4-8-3-2-6-19-8/h2-3,6-7H,4-5H2,1H3,(H,14,15,16,17). The molecule has 0 radical (unpaired) electrons. The van der Waals surface area contributed by atoms with Gasteiger partial charge in [0, 0.05) is 18.9 Å². The Morgan fingerprint density at radius 2 is 2.37 bits per heavy atom. The Kier molecular flexibility index (Phi) is 4.35. The monoisotopic (exact) mass is 281 g/mol. The fourth-order valence-electron chi connectivity index (χ4n) is 1.44. The van der Waals surface area contributed by atoms with Crippen LogP contribution in [0.15, 0.2) is 28.9 Å². The van der Waals surface area contributed by atoms with E-state index in [0.717, 1.165) is 5.76 Å². The topological polar surface area (TPSA) is 77.2 Å². The molecule has 0 atom stereocenters. The second-order valence-corrected chi connectivity index (χ2v) is 4.07. The van der Waals surface area contributed by atoms with Crippen LogP contribution >= 0.6 is 11.6 Å². The summed E-state index contributed by atoms with van der Waals surface area (Å²) in [5.74, 6) is 0.940. The number of amides is 1. The third kappa shape index (κ3) is 3.96. The van der Waals surface area contributed by atoms with Crippen LogP contribution < -0.4 is 10.1 Å². The average Bonchev–Trinajstić information content (AvgIpc) is 2.88. The zero-order valence-corrected chi connectivity index (χ0v) is 11.0. The van der Waals surface area contributed by atoms with Gasteiger partial charge in [-0.25, -0.2) is 4.98 Å². The number of ether oxygens (including phenoxy) is 1. The first-order valence-electron chi connectivity index (χ1n) is 5.58. The summed E-state index contributed by atoms with van der Waals surface area (Å²) < 4.78 is 10.1. The minimum absolute atomic E-state index is 0.119. The maximum Gasteiger partial charge on any atom is 0.234 e. The third-order valence-electron chi connectivity index (χ3n) is 2.31. The molecule has 0 aromatic carbocycles. The number of nitrogens with zero attached hydrogens (tertiary/aromatic N) is 2. The van der Waals surface area contributed by atoms with E-state index in [1.54, 1.807) is 12.3 Å². The van der Waals surface area contributed by atoms with Gasteiger partial charge in [-0.15, -0.1) is 0 Å². The molecule has 7 heteroatoms. The lowest BCUT2D eigenvalue weighted by Crippen LogP contribution is -2.14. The van der Waals surface area contributed by atoms with Crippen LogP contribution in [-0.4, -0.2) is 23.0 Å². The van der Waals surface area contributed by atoms with Crippen LogP contribution in [0.25, 0.3) is 0 Å². The number of halogens is 1. The van der Waals surface area contributed by atoms with Crippen molar-refractivity contribution in [2.45, 2.75) is 12.8 Å². The molecule has 2 heterocycles. The average molecular weight is 282 g/mol. The molecular weight excluding hydrogens is 270 g/mol. The molecule has 6 nitrogen and oxygen atoms in total. The van der Waals surface area contributed by atoms with Gasteiger partial charge in [-0.05, 0) is 12.1 Å². The Bertz CT molecular complexity index is 557. The quantitative estimate of drug-likeness (QED) is 0.851. The molecular formula is C12H12ClN3O3. The maximum atomic E-state index is 11.7. The molecule has 0 aliphatic rings. The summed E-state index contributed by atoms with van der Waals surface area (Å²) in [7, 11) is 1.46. The van der Waals surface area contributed by atoms with E-state index in [2.05, 4.69) is 15.3 Å². The summed E-state index contributed by atoms with van der Waals surface area (Å²) >= 11 is 5.77. The zero-order chi connectivity index (χ0) is 13.7. The van der Waals surface area contributed by atoms with Crippen LogP contribution in [0.4, 0.5) is 5.95 Å². The van der Waals surface area contributed by atoms with Crippen LogP contribution in [-0.2, 0) is 11.2 Å². The Hall–Kier alpha value is -2.08. The molecule has 100 valence electrons. The van der Waals surface area contributed by atoms with Gasteiger partial charge in [-0.1, -0.05) is 11.6 Å². The molecule has 19 heavy (non-hydrogen) atoms. The second-order valence-electron chi connectivity index (χ2n) is 3.68. The molecule has 1 N–H and O–H groups in total.